The van der Waals surface area contributed by atoms with E-state index in [1.165, 1.54) is 19.3 Å². The second-order valence-corrected chi connectivity index (χ2v) is 8.21. The smallest absolute Gasteiger partial charge is 0.162 e. The van der Waals surface area contributed by atoms with E-state index in [2.05, 4.69) is 39.0 Å². The standard InChI is InChI=1S/C20H26O/c1-13-8-10-19(2)14(12-13)4-5-15-16-6-7-18(21)20(16,3)11-9-17(15)19/h6-8,10,13-14,16H,4-5,9,11-12H2,1-3H3/t13?,14?,16?,19-,20-/m0/s1. The molecule has 0 aliphatic heterocycles. The Labute approximate surface area is 128 Å². The topological polar surface area (TPSA) is 17.1 Å². The Bertz CT molecular complexity index is 593. The molecule has 112 valence electrons. The minimum absolute atomic E-state index is 0.131. The highest BCUT2D eigenvalue weighted by Gasteiger charge is 2.52. The molecule has 0 N–H and O–H groups in total. The Morgan fingerprint density at radius 2 is 2.00 bits per heavy atom. The van der Waals surface area contributed by atoms with Crippen LogP contribution in [0.2, 0.25) is 0 Å². The number of carbonyl (C=O) groups is 1. The van der Waals surface area contributed by atoms with Crippen LogP contribution in [0.5, 0.6) is 0 Å². The van der Waals surface area contributed by atoms with E-state index in [1.54, 1.807) is 11.1 Å². The van der Waals surface area contributed by atoms with Gasteiger partial charge in [-0.15, -0.1) is 0 Å². The van der Waals surface area contributed by atoms with Crippen molar-refractivity contribution in [2.24, 2.45) is 28.6 Å². The van der Waals surface area contributed by atoms with Gasteiger partial charge in [-0.05, 0) is 50.0 Å². The van der Waals surface area contributed by atoms with Gasteiger partial charge in [-0.2, -0.15) is 0 Å². The van der Waals surface area contributed by atoms with E-state index >= 15 is 0 Å². The predicted octanol–water partition coefficient (Wildman–Crippen LogP) is 4.85. The molecule has 0 radical (unpaired) electrons. The van der Waals surface area contributed by atoms with Gasteiger partial charge in [0.25, 0.3) is 0 Å². The van der Waals surface area contributed by atoms with Crippen molar-refractivity contribution in [1.29, 1.82) is 0 Å². The molecule has 0 aromatic carbocycles. The zero-order valence-electron chi connectivity index (χ0n) is 13.5. The van der Waals surface area contributed by atoms with Crippen molar-refractivity contribution in [3.63, 3.8) is 0 Å². The summed E-state index contributed by atoms with van der Waals surface area (Å²) in [6, 6.07) is 0. The Kier molecular flexibility index (Phi) is 2.72. The van der Waals surface area contributed by atoms with Crippen LogP contribution in [0.25, 0.3) is 0 Å². The van der Waals surface area contributed by atoms with E-state index in [0.29, 0.717) is 11.7 Å². The molecule has 0 fully saturated rings. The third kappa shape index (κ3) is 1.67. The number of allylic oxidation sites excluding steroid dienone is 6. The van der Waals surface area contributed by atoms with Crippen LogP contribution in [0.1, 0.15) is 52.9 Å². The second-order valence-electron chi connectivity index (χ2n) is 8.21. The molecule has 0 saturated carbocycles. The maximum absolute atomic E-state index is 12.3. The number of fused-ring (bicyclic) bond motifs is 4. The molecular formula is C20H26O. The highest BCUT2D eigenvalue weighted by atomic mass is 16.1. The van der Waals surface area contributed by atoms with Gasteiger partial charge >= 0.3 is 0 Å². The minimum atomic E-state index is -0.131. The van der Waals surface area contributed by atoms with Crippen molar-refractivity contribution in [2.75, 3.05) is 0 Å². The van der Waals surface area contributed by atoms with E-state index in [0.717, 1.165) is 24.7 Å². The molecule has 0 aromatic rings. The van der Waals surface area contributed by atoms with Crippen molar-refractivity contribution in [1.82, 2.24) is 0 Å². The van der Waals surface area contributed by atoms with Crippen LogP contribution >= 0.6 is 0 Å². The fraction of sp³-hybridized carbons (Fsp3) is 0.650. The molecule has 4 aliphatic carbocycles. The summed E-state index contributed by atoms with van der Waals surface area (Å²) < 4.78 is 0. The van der Waals surface area contributed by atoms with E-state index in [1.807, 2.05) is 6.08 Å². The monoisotopic (exact) mass is 282 g/mol. The largest absolute Gasteiger partial charge is 0.294 e. The van der Waals surface area contributed by atoms with E-state index < -0.39 is 0 Å². The third-order valence-corrected chi connectivity index (χ3v) is 7.03. The number of hydrogen-bond donors (Lipinski definition) is 0. The SMILES string of the molecule is CC1C=C[C@]2(C)C3=C(CCC2C1)C1C=CC(=O)[C@@]1(C)CC3. The van der Waals surface area contributed by atoms with Crippen molar-refractivity contribution < 1.29 is 4.79 Å². The first-order valence-corrected chi connectivity index (χ1v) is 8.59. The van der Waals surface area contributed by atoms with Gasteiger partial charge in [0.2, 0.25) is 0 Å². The Balaban J connectivity index is 1.81. The molecule has 0 saturated heterocycles. The van der Waals surface area contributed by atoms with Gasteiger partial charge in [0.1, 0.15) is 0 Å². The normalized spacial score (nSPS) is 48.1. The highest BCUT2D eigenvalue weighted by molar-refractivity contribution is 5.98. The highest BCUT2D eigenvalue weighted by Crippen LogP contribution is 2.60. The van der Waals surface area contributed by atoms with E-state index in [-0.39, 0.29) is 10.8 Å². The summed E-state index contributed by atoms with van der Waals surface area (Å²) in [7, 11) is 0. The molecule has 4 rings (SSSR count). The quantitative estimate of drug-likeness (QED) is 0.580. The average molecular weight is 282 g/mol. The summed E-state index contributed by atoms with van der Waals surface area (Å²) in [4.78, 5) is 12.3. The van der Waals surface area contributed by atoms with Crippen LogP contribution in [0.15, 0.2) is 35.5 Å². The summed E-state index contributed by atoms with van der Waals surface area (Å²) >= 11 is 0. The number of carbonyl (C=O) groups excluding carboxylic acids is 1. The number of hydrogen-bond acceptors (Lipinski definition) is 1. The molecule has 0 bridgehead atoms. The predicted molar refractivity (Wildman–Crippen MR) is 85.8 cm³/mol. The Morgan fingerprint density at radius 1 is 1.19 bits per heavy atom. The molecule has 1 heteroatoms. The molecule has 0 amide bonds. The number of rotatable bonds is 0. The maximum Gasteiger partial charge on any atom is 0.162 e. The zero-order valence-corrected chi connectivity index (χ0v) is 13.5. The first-order valence-electron chi connectivity index (χ1n) is 8.59. The lowest BCUT2D eigenvalue weighted by Crippen LogP contribution is -2.42. The molecule has 0 aromatic heterocycles. The molecule has 3 unspecified atom stereocenters. The molecule has 0 spiro atoms. The van der Waals surface area contributed by atoms with Gasteiger partial charge in [0.05, 0.1) is 0 Å². The lowest BCUT2D eigenvalue weighted by molar-refractivity contribution is -0.123. The first-order chi connectivity index (χ1) is 9.95. The van der Waals surface area contributed by atoms with Crippen molar-refractivity contribution in [3.8, 4) is 0 Å². The van der Waals surface area contributed by atoms with Crippen LogP contribution in [0, 0.1) is 28.6 Å². The third-order valence-electron chi connectivity index (χ3n) is 7.03. The Hall–Kier alpha value is -1.11. The summed E-state index contributed by atoms with van der Waals surface area (Å²) in [5.41, 5.74) is 3.43. The average Bonchev–Trinajstić information content (AvgIpc) is 2.76. The van der Waals surface area contributed by atoms with Gasteiger partial charge in [-0.1, -0.05) is 50.1 Å². The summed E-state index contributed by atoms with van der Waals surface area (Å²) in [6.07, 6.45) is 15.0. The lowest BCUT2D eigenvalue weighted by Gasteiger charge is -2.51. The van der Waals surface area contributed by atoms with Crippen LogP contribution in [-0.2, 0) is 4.79 Å². The molecule has 5 atom stereocenters. The molecule has 4 aliphatic rings. The summed E-state index contributed by atoms with van der Waals surface area (Å²) in [5.74, 6) is 2.28. The van der Waals surface area contributed by atoms with Gasteiger partial charge in [-0.25, -0.2) is 0 Å². The first kappa shape index (κ1) is 13.5. The molecule has 0 heterocycles. The van der Waals surface area contributed by atoms with E-state index in [4.69, 9.17) is 0 Å². The summed E-state index contributed by atoms with van der Waals surface area (Å²) in [5, 5.41) is 0. The van der Waals surface area contributed by atoms with E-state index in [9.17, 15) is 4.79 Å². The van der Waals surface area contributed by atoms with Gasteiger partial charge in [0.15, 0.2) is 5.78 Å². The van der Waals surface area contributed by atoms with Gasteiger partial charge < -0.3 is 0 Å². The van der Waals surface area contributed by atoms with Crippen LogP contribution in [-0.4, -0.2) is 5.78 Å². The van der Waals surface area contributed by atoms with Crippen molar-refractivity contribution in [3.05, 3.63) is 35.5 Å². The molecule has 1 nitrogen and oxygen atoms in total. The van der Waals surface area contributed by atoms with Crippen LogP contribution in [0.3, 0.4) is 0 Å². The number of ketones is 1. The van der Waals surface area contributed by atoms with Crippen LogP contribution in [0.4, 0.5) is 0 Å². The molecule has 21 heavy (non-hydrogen) atoms. The lowest BCUT2D eigenvalue weighted by atomic mass is 9.53. The Morgan fingerprint density at radius 3 is 2.81 bits per heavy atom. The summed E-state index contributed by atoms with van der Waals surface area (Å²) in [6.45, 7) is 6.99. The molecular weight excluding hydrogens is 256 g/mol. The van der Waals surface area contributed by atoms with Gasteiger partial charge in [-0.3, -0.25) is 4.79 Å². The fourth-order valence-electron chi connectivity index (χ4n) is 5.54. The fourth-order valence-corrected chi connectivity index (χ4v) is 5.54. The second kappa shape index (κ2) is 4.21. The van der Waals surface area contributed by atoms with Crippen LogP contribution < -0.4 is 0 Å². The zero-order chi connectivity index (χ0) is 14.8. The van der Waals surface area contributed by atoms with Crippen molar-refractivity contribution >= 4 is 5.78 Å². The minimum Gasteiger partial charge on any atom is -0.294 e. The van der Waals surface area contributed by atoms with Gasteiger partial charge in [0, 0.05) is 16.7 Å². The maximum atomic E-state index is 12.3. The van der Waals surface area contributed by atoms with Crippen molar-refractivity contribution in [2.45, 2.75) is 52.9 Å².